The van der Waals surface area contributed by atoms with E-state index in [0.717, 1.165) is 28.3 Å². The molecule has 29 heavy (non-hydrogen) atoms. The largest absolute Gasteiger partial charge is 0.481 e. The first-order valence-corrected chi connectivity index (χ1v) is 10.9. The molecular weight excluding hydrogens is 378 g/mol. The van der Waals surface area contributed by atoms with Crippen LogP contribution in [0, 0.1) is 13.8 Å². The molecule has 0 heterocycles. The molecule has 3 rings (SSSR count). The van der Waals surface area contributed by atoms with Gasteiger partial charge < -0.3 is 10.1 Å². The Morgan fingerprint density at radius 1 is 1.00 bits per heavy atom. The summed E-state index contributed by atoms with van der Waals surface area (Å²) in [5.41, 5.74) is 4.22. The van der Waals surface area contributed by atoms with Crippen molar-refractivity contribution in [2.24, 2.45) is 0 Å². The average molecular weight is 406 g/mol. The summed E-state index contributed by atoms with van der Waals surface area (Å²) >= 11 is 1.81. The van der Waals surface area contributed by atoms with Crippen LogP contribution in [0.1, 0.15) is 30.0 Å². The van der Waals surface area contributed by atoms with E-state index in [0.29, 0.717) is 6.42 Å². The maximum absolute atomic E-state index is 12.7. The van der Waals surface area contributed by atoms with Gasteiger partial charge in [0.15, 0.2) is 6.10 Å². The third kappa shape index (κ3) is 6.13. The Morgan fingerprint density at radius 2 is 1.79 bits per heavy atom. The van der Waals surface area contributed by atoms with Gasteiger partial charge in [-0.3, -0.25) is 4.79 Å². The van der Waals surface area contributed by atoms with Gasteiger partial charge in [0.1, 0.15) is 5.75 Å². The maximum atomic E-state index is 12.7. The lowest BCUT2D eigenvalue weighted by atomic mass is 10.1. The number of hydrogen-bond donors (Lipinski definition) is 1. The molecule has 0 radical (unpaired) electrons. The summed E-state index contributed by atoms with van der Waals surface area (Å²) in [5.74, 6) is 1.49. The van der Waals surface area contributed by atoms with Gasteiger partial charge in [0.2, 0.25) is 0 Å². The first kappa shape index (κ1) is 21.0. The second kappa shape index (κ2) is 10.2. The highest BCUT2D eigenvalue weighted by Crippen LogP contribution is 2.25. The lowest BCUT2D eigenvalue weighted by Crippen LogP contribution is -2.32. The van der Waals surface area contributed by atoms with Crippen molar-refractivity contribution in [2.75, 3.05) is 5.32 Å². The molecular formula is C25H27NO2S. The number of benzene rings is 3. The van der Waals surface area contributed by atoms with Crippen molar-refractivity contribution in [2.45, 2.75) is 43.9 Å². The summed E-state index contributed by atoms with van der Waals surface area (Å²) in [6.45, 7) is 5.99. The lowest BCUT2D eigenvalue weighted by Gasteiger charge is -2.18. The van der Waals surface area contributed by atoms with Crippen molar-refractivity contribution in [3.63, 3.8) is 0 Å². The first-order chi connectivity index (χ1) is 14.0. The second-order valence-electron chi connectivity index (χ2n) is 7.07. The van der Waals surface area contributed by atoms with Crippen LogP contribution < -0.4 is 10.1 Å². The number of aryl methyl sites for hydroxylation is 2. The molecule has 0 saturated heterocycles. The number of carbonyl (C=O) groups excluding carboxylic acids is 1. The Morgan fingerprint density at radius 3 is 2.48 bits per heavy atom. The van der Waals surface area contributed by atoms with Crippen molar-refractivity contribution in [1.82, 2.24) is 0 Å². The van der Waals surface area contributed by atoms with Gasteiger partial charge in [0.05, 0.1) is 0 Å². The summed E-state index contributed by atoms with van der Waals surface area (Å²) in [4.78, 5) is 14.0. The van der Waals surface area contributed by atoms with Crippen molar-refractivity contribution in [1.29, 1.82) is 0 Å². The van der Waals surface area contributed by atoms with Gasteiger partial charge in [-0.1, -0.05) is 49.4 Å². The van der Waals surface area contributed by atoms with Crippen LogP contribution in [0.15, 0.2) is 77.7 Å². The molecule has 0 unspecified atom stereocenters. The van der Waals surface area contributed by atoms with Gasteiger partial charge in [-0.05, 0) is 67.3 Å². The third-order valence-corrected chi connectivity index (χ3v) is 5.71. The molecule has 0 aromatic heterocycles. The summed E-state index contributed by atoms with van der Waals surface area (Å²) in [7, 11) is 0. The predicted octanol–water partition coefficient (Wildman–Crippen LogP) is 6.39. The number of thioether (sulfide) groups is 1. The smallest absolute Gasteiger partial charge is 0.265 e. The first-order valence-electron chi connectivity index (χ1n) is 9.86. The van der Waals surface area contributed by atoms with Gasteiger partial charge >= 0.3 is 0 Å². The zero-order chi connectivity index (χ0) is 20.6. The normalized spacial score (nSPS) is 11.7. The number of ether oxygens (including phenoxy) is 1. The SMILES string of the molecule is CC[C@@H](Oc1cccc(C)c1)C(=O)Nc1ccc(CSc2ccccc2)cc1C. The number of anilines is 1. The molecule has 0 spiro atoms. The Bertz CT molecular complexity index is 956. The molecule has 3 nitrogen and oxygen atoms in total. The highest BCUT2D eigenvalue weighted by atomic mass is 32.2. The number of rotatable bonds is 8. The fraction of sp³-hybridized carbons (Fsp3) is 0.240. The van der Waals surface area contributed by atoms with E-state index in [1.54, 1.807) is 11.8 Å². The Hall–Kier alpha value is -2.72. The molecule has 1 N–H and O–H groups in total. The minimum atomic E-state index is -0.524. The van der Waals surface area contributed by atoms with Gasteiger partial charge in [-0.15, -0.1) is 11.8 Å². The topological polar surface area (TPSA) is 38.3 Å². The number of hydrogen-bond acceptors (Lipinski definition) is 3. The molecule has 0 bridgehead atoms. The number of amides is 1. The molecule has 150 valence electrons. The van der Waals surface area contributed by atoms with Crippen LogP contribution in [-0.4, -0.2) is 12.0 Å². The fourth-order valence-corrected chi connectivity index (χ4v) is 3.89. The Labute approximate surface area is 177 Å². The van der Waals surface area contributed by atoms with Crippen molar-refractivity contribution < 1.29 is 9.53 Å². The Balaban J connectivity index is 1.61. The van der Waals surface area contributed by atoms with E-state index < -0.39 is 6.10 Å². The van der Waals surface area contributed by atoms with Crippen molar-refractivity contribution in [3.8, 4) is 5.75 Å². The zero-order valence-electron chi connectivity index (χ0n) is 17.1. The molecule has 1 atom stereocenters. The van der Waals surface area contributed by atoms with Gasteiger partial charge in [-0.25, -0.2) is 0 Å². The van der Waals surface area contributed by atoms with Crippen LogP contribution in [0.4, 0.5) is 5.69 Å². The standard InChI is InChI=1S/C25H27NO2S/c1-4-24(28-21-10-8-9-18(2)15-21)25(27)26-23-14-13-20(16-19(23)3)17-29-22-11-6-5-7-12-22/h5-16,24H,4,17H2,1-3H3,(H,26,27)/t24-/m1/s1. The van der Waals surface area contributed by atoms with E-state index >= 15 is 0 Å². The lowest BCUT2D eigenvalue weighted by molar-refractivity contribution is -0.122. The molecule has 4 heteroatoms. The zero-order valence-corrected chi connectivity index (χ0v) is 18.0. The molecule has 0 aliphatic carbocycles. The summed E-state index contributed by atoms with van der Waals surface area (Å²) in [5, 5.41) is 3.03. The van der Waals surface area contributed by atoms with E-state index in [-0.39, 0.29) is 5.91 Å². The van der Waals surface area contributed by atoms with E-state index in [2.05, 4.69) is 41.7 Å². The number of carbonyl (C=O) groups is 1. The molecule has 3 aromatic carbocycles. The van der Waals surface area contributed by atoms with Crippen LogP contribution >= 0.6 is 11.8 Å². The van der Waals surface area contributed by atoms with E-state index in [1.807, 2.05) is 57.2 Å². The maximum Gasteiger partial charge on any atom is 0.265 e. The molecule has 0 aliphatic rings. The Kier molecular flexibility index (Phi) is 7.36. The van der Waals surface area contributed by atoms with Gasteiger partial charge in [-0.2, -0.15) is 0 Å². The van der Waals surface area contributed by atoms with Crippen LogP contribution in [0.25, 0.3) is 0 Å². The minimum Gasteiger partial charge on any atom is -0.481 e. The molecule has 0 fully saturated rings. The highest BCUT2D eigenvalue weighted by molar-refractivity contribution is 7.98. The summed E-state index contributed by atoms with van der Waals surface area (Å²) in [6, 6.07) is 24.3. The van der Waals surface area contributed by atoms with Crippen LogP contribution in [0.5, 0.6) is 5.75 Å². The fourth-order valence-electron chi connectivity index (χ4n) is 3.03. The molecule has 3 aromatic rings. The van der Waals surface area contributed by atoms with Gasteiger partial charge in [0.25, 0.3) is 5.91 Å². The average Bonchev–Trinajstić information content (AvgIpc) is 2.73. The molecule has 0 aliphatic heterocycles. The number of nitrogens with one attached hydrogen (secondary N) is 1. The van der Waals surface area contributed by atoms with Crippen molar-refractivity contribution >= 4 is 23.4 Å². The van der Waals surface area contributed by atoms with Crippen LogP contribution in [-0.2, 0) is 10.5 Å². The molecule has 0 saturated carbocycles. The molecule has 1 amide bonds. The van der Waals surface area contributed by atoms with Gasteiger partial charge in [0, 0.05) is 16.3 Å². The van der Waals surface area contributed by atoms with E-state index in [1.165, 1.54) is 10.5 Å². The third-order valence-electron chi connectivity index (χ3n) is 4.63. The second-order valence-corrected chi connectivity index (χ2v) is 8.12. The predicted molar refractivity (Wildman–Crippen MR) is 122 cm³/mol. The summed E-state index contributed by atoms with van der Waals surface area (Å²) < 4.78 is 5.91. The van der Waals surface area contributed by atoms with Crippen LogP contribution in [0.2, 0.25) is 0 Å². The quantitative estimate of drug-likeness (QED) is 0.441. The summed E-state index contributed by atoms with van der Waals surface area (Å²) in [6.07, 6.45) is 0.0782. The minimum absolute atomic E-state index is 0.122. The van der Waals surface area contributed by atoms with Crippen LogP contribution in [0.3, 0.4) is 0 Å². The van der Waals surface area contributed by atoms with Crippen molar-refractivity contribution in [3.05, 3.63) is 89.5 Å². The highest BCUT2D eigenvalue weighted by Gasteiger charge is 2.19. The van der Waals surface area contributed by atoms with E-state index in [4.69, 9.17) is 4.74 Å². The monoisotopic (exact) mass is 405 g/mol. The van der Waals surface area contributed by atoms with E-state index in [9.17, 15) is 4.79 Å².